The fourth-order valence-electron chi connectivity index (χ4n) is 0.898. The Morgan fingerprint density at radius 2 is 2.07 bits per heavy atom. The highest BCUT2D eigenvalue weighted by atomic mass is 32.2. The molecule has 0 amide bonds. The molecule has 0 aliphatic rings. The van der Waals surface area contributed by atoms with Gasteiger partial charge in [-0.15, -0.1) is 10.2 Å². The Bertz CT molecular complexity index is 457. The van der Waals surface area contributed by atoms with E-state index in [9.17, 15) is 0 Å². The third kappa shape index (κ3) is 2.83. The molecule has 4 nitrogen and oxygen atoms in total. The molecule has 7 heteroatoms. The van der Waals surface area contributed by atoms with Crippen LogP contribution in [0, 0.1) is 0 Å². The number of anilines is 1. The molecular formula is C8H8N4S3. The standard InChI is InChI=1S/C8H8N4S3/c1-13-7-11-12-8(15-7)14-6-4-2-3-5(9)10-6/h2-4H,1H3,(H2,9,10). The summed E-state index contributed by atoms with van der Waals surface area (Å²) in [6.07, 6.45) is 1.98. The second-order valence-corrected chi connectivity index (χ2v) is 5.84. The van der Waals surface area contributed by atoms with E-state index in [1.807, 2.05) is 18.4 Å². The lowest BCUT2D eigenvalue weighted by atomic mass is 10.5. The second kappa shape index (κ2) is 4.82. The summed E-state index contributed by atoms with van der Waals surface area (Å²) < 4.78 is 1.85. The van der Waals surface area contributed by atoms with Gasteiger partial charge in [0.25, 0.3) is 0 Å². The molecule has 0 aromatic carbocycles. The van der Waals surface area contributed by atoms with E-state index in [1.165, 1.54) is 11.8 Å². The summed E-state index contributed by atoms with van der Waals surface area (Å²) in [4.78, 5) is 4.18. The van der Waals surface area contributed by atoms with E-state index in [4.69, 9.17) is 5.73 Å². The topological polar surface area (TPSA) is 64.7 Å². The molecule has 0 saturated carbocycles. The van der Waals surface area contributed by atoms with Gasteiger partial charge in [0.1, 0.15) is 10.8 Å². The van der Waals surface area contributed by atoms with E-state index in [0.717, 1.165) is 13.7 Å². The number of pyridine rings is 1. The zero-order valence-corrected chi connectivity index (χ0v) is 10.3. The number of nitrogens with two attached hydrogens (primary N) is 1. The fraction of sp³-hybridized carbons (Fsp3) is 0.125. The molecule has 0 unspecified atom stereocenters. The highest BCUT2D eigenvalue weighted by Gasteiger charge is 2.05. The molecule has 0 aliphatic heterocycles. The van der Waals surface area contributed by atoms with Gasteiger partial charge in [-0.1, -0.05) is 29.2 Å². The lowest BCUT2D eigenvalue weighted by Crippen LogP contribution is -1.89. The van der Waals surface area contributed by atoms with Crippen LogP contribution >= 0.6 is 34.9 Å². The number of nitrogens with zero attached hydrogens (tertiary/aromatic N) is 3. The van der Waals surface area contributed by atoms with Crippen molar-refractivity contribution in [3.8, 4) is 0 Å². The van der Waals surface area contributed by atoms with Crippen molar-refractivity contribution in [3.05, 3.63) is 18.2 Å². The van der Waals surface area contributed by atoms with E-state index in [2.05, 4.69) is 15.2 Å². The largest absolute Gasteiger partial charge is 0.384 e. The van der Waals surface area contributed by atoms with Crippen LogP contribution in [0.15, 0.2) is 31.9 Å². The first kappa shape index (κ1) is 10.7. The van der Waals surface area contributed by atoms with Crippen LogP contribution in [0.25, 0.3) is 0 Å². The molecule has 0 radical (unpaired) electrons. The molecule has 0 fully saturated rings. The van der Waals surface area contributed by atoms with Crippen LogP contribution < -0.4 is 5.73 Å². The highest BCUT2D eigenvalue weighted by Crippen LogP contribution is 2.31. The van der Waals surface area contributed by atoms with Crippen molar-refractivity contribution in [1.29, 1.82) is 0 Å². The van der Waals surface area contributed by atoms with Crippen LogP contribution in [0.1, 0.15) is 0 Å². The van der Waals surface area contributed by atoms with Gasteiger partial charge in [0, 0.05) is 0 Å². The summed E-state index contributed by atoms with van der Waals surface area (Å²) in [5.74, 6) is 0.523. The van der Waals surface area contributed by atoms with Gasteiger partial charge < -0.3 is 5.73 Å². The van der Waals surface area contributed by atoms with Gasteiger partial charge in [0.15, 0.2) is 8.68 Å². The van der Waals surface area contributed by atoms with E-state index in [-0.39, 0.29) is 0 Å². The van der Waals surface area contributed by atoms with Gasteiger partial charge in [-0.05, 0) is 30.2 Å². The maximum atomic E-state index is 5.58. The SMILES string of the molecule is CSc1nnc(Sc2cccc(N)n2)s1. The van der Waals surface area contributed by atoms with Crippen molar-refractivity contribution < 1.29 is 0 Å². The quantitative estimate of drug-likeness (QED) is 0.851. The van der Waals surface area contributed by atoms with E-state index in [0.29, 0.717) is 5.82 Å². The van der Waals surface area contributed by atoms with E-state index >= 15 is 0 Å². The smallest absolute Gasteiger partial charge is 0.181 e. The first-order valence-corrected chi connectivity index (χ1v) is 6.91. The Morgan fingerprint density at radius 1 is 1.27 bits per heavy atom. The average Bonchev–Trinajstić information content (AvgIpc) is 2.65. The molecule has 2 rings (SSSR count). The van der Waals surface area contributed by atoms with Gasteiger partial charge >= 0.3 is 0 Å². The monoisotopic (exact) mass is 256 g/mol. The minimum Gasteiger partial charge on any atom is -0.384 e. The summed E-state index contributed by atoms with van der Waals surface area (Å²) in [5, 5.41) is 8.89. The van der Waals surface area contributed by atoms with Crippen LogP contribution in [0.4, 0.5) is 5.82 Å². The van der Waals surface area contributed by atoms with E-state index < -0.39 is 0 Å². The minimum absolute atomic E-state index is 0.523. The van der Waals surface area contributed by atoms with E-state index in [1.54, 1.807) is 29.2 Å². The zero-order chi connectivity index (χ0) is 10.7. The predicted octanol–water partition coefficient (Wildman–Crippen LogP) is 2.39. The lowest BCUT2D eigenvalue weighted by Gasteiger charge is -1.96. The third-order valence-corrected chi connectivity index (χ3v) is 4.39. The van der Waals surface area contributed by atoms with Crippen LogP contribution in [-0.2, 0) is 0 Å². The van der Waals surface area contributed by atoms with Crippen molar-refractivity contribution in [2.24, 2.45) is 0 Å². The normalized spacial score (nSPS) is 10.5. The van der Waals surface area contributed by atoms with Gasteiger partial charge in [-0.2, -0.15) is 0 Å². The molecule has 2 aromatic rings. The maximum Gasteiger partial charge on any atom is 0.181 e. The predicted molar refractivity (Wildman–Crippen MR) is 64.5 cm³/mol. The fourth-order valence-corrected chi connectivity index (χ4v) is 3.28. The Labute approximate surface area is 99.7 Å². The number of hydrogen-bond donors (Lipinski definition) is 1. The van der Waals surface area contributed by atoms with Crippen molar-refractivity contribution in [2.45, 2.75) is 13.7 Å². The van der Waals surface area contributed by atoms with Crippen LogP contribution in [0.2, 0.25) is 0 Å². The number of aromatic nitrogens is 3. The Hall–Kier alpha value is -0.790. The minimum atomic E-state index is 0.523. The summed E-state index contributed by atoms with van der Waals surface area (Å²) >= 11 is 4.62. The van der Waals surface area contributed by atoms with Gasteiger partial charge in [0.05, 0.1) is 0 Å². The van der Waals surface area contributed by atoms with Crippen LogP contribution in [0.3, 0.4) is 0 Å². The number of rotatable bonds is 3. The molecule has 0 aliphatic carbocycles. The highest BCUT2D eigenvalue weighted by molar-refractivity contribution is 8.02. The summed E-state index contributed by atoms with van der Waals surface area (Å²) in [7, 11) is 0. The summed E-state index contributed by atoms with van der Waals surface area (Å²) in [6.45, 7) is 0. The Kier molecular flexibility index (Phi) is 3.45. The maximum absolute atomic E-state index is 5.58. The molecule has 0 bridgehead atoms. The van der Waals surface area contributed by atoms with Crippen molar-refractivity contribution in [1.82, 2.24) is 15.2 Å². The number of nitrogen functional groups attached to an aromatic ring is 1. The summed E-state index contributed by atoms with van der Waals surface area (Å²) in [5.41, 5.74) is 5.58. The Balaban J connectivity index is 2.14. The van der Waals surface area contributed by atoms with Crippen LogP contribution in [-0.4, -0.2) is 21.4 Å². The Morgan fingerprint density at radius 3 is 2.73 bits per heavy atom. The van der Waals surface area contributed by atoms with Crippen molar-refractivity contribution in [2.75, 3.05) is 12.0 Å². The van der Waals surface area contributed by atoms with Gasteiger partial charge in [0.2, 0.25) is 0 Å². The number of thioether (sulfide) groups is 1. The third-order valence-electron chi connectivity index (χ3n) is 1.50. The van der Waals surface area contributed by atoms with Crippen molar-refractivity contribution in [3.63, 3.8) is 0 Å². The van der Waals surface area contributed by atoms with Crippen LogP contribution in [0.5, 0.6) is 0 Å². The molecule has 2 N–H and O–H groups in total. The molecule has 0 spiro atoms. The lowest BCUT2D eigenvalue weighted by molar-refractivity contribution is 0.954. The molecule has 2 heterocycles. The number of hydrogen-bond acceptors (Lipinski definition) is 7. The molecular weight excluding hydrogens is 248 g/mol. The summed E-state index contributed by atoms with van der Waals surface area (Å²) in [6, 6.07) is 5.54. The average molecular weight is 256 g/mol. The first-order chi connectivity index (χ1) is 7.28. The zero-order valence-electron chi connectivity index (χ0n) is 7.88. The first-order valence-electron chi connectivity index (χ1n) is 4.06. The molecule has 0 saturated heterocycles. The molecule has 2 aromatic heterocycles. The molecule has 0 atom stereocenters. The van der Waals surface area contributed by atoms with Crippen molar-refractivity contribution >= 4 is 40.7 Å². The second-order valence-electron chi connectivity index (χ2n) is 2.54. The van der Waals surface area contributed by atoms with Gasteiger partial charge in [-0.25, -0.2) is 4.98 Å². The molecule has 15 heavy (non-hydrogen) atoms. The molecule has 78 valence electrons. The van der Waals surface area contributed by atoms with Gasteiger partial charge in [-0.3, -0.25) is 0 Å².